The van der Waals surface area contributed by atoms with E-state index in [2.05, 4.69) is 25.9 Å². The Hall–Kier alpha value is -4.03. The first-order valence-electron chi connectivity index (χ1n) is 9.69. The zero-order valence-electron chi connectivity index (χ0n) is 17.6. The van der Waals surface area contributed by atoms with E-state index in [4.69, 9.17) is 5.14 Å². The first-order chi connectivity index (χ1) is 15.7. The van der Waals surface area contributed by atoms with Gasteiger partial charge in [0.25, 0.3) is 0 Å². The number of hydrogen-bond acceptors (Lipinski definition) is 7. The van der Waals surface area contributed by atoms with E-state index < -0.39 is 15.8 Å². The summed E-state index contributed by atoms with van der Waals surface area (Å²) in [6, 6.07) is 11.2. The molecule has 0 bridgehead atoms. The third-order valence-corrected chi connectivity index (χ3v) is 5.93. The quantitative estimate of drug-likeness (QED) is 0.351. The lowest BCUT2D eigenvalue weighted by atomic mass is 10.2. The number of carbonyl (C=O) groups is 1. The van der Waals surface area contributed by atoms with Crippen LogP contribution in [0.1, 0.15) is 5.56 Å². The topological polar surface area (TPSA) is 144 Å². The van der Waals surface area contributed by atoms with E-state index in [1.54, 1.807) is 56.6 Å². The molecule has 2 aromatic carbocycles. The summed E-state index contributed by atoms with van der Waals surface area (Å²) < 4.78 is 39.3. The summed E-state index contributed by atoms with van der Waals surface area (Å²) in [5.74, 6) is -0.718. The number of aryl methyl sites for hydroxylation is 1. The van der Waals surface area contributed by atoms with Crippen LogP contribution in [0.5, 0.6) is 0 Å². The van der Waals surface area contributed by atoms with Crippen LogP contribution in [-0.2, 0) is 10.0 Å². The third-order valence-electron chi connectivity index (χ3n) is 4.88. The van der Waals surface area contributed by atoms with Crippen molar-refractivity contribution in [2.45, 2.75) is 11.8 Å². The van der Waals surface area contributed by atoms with Gasteiger partial charge in [-0.25, -0.2) is 27.7 Å². The highest BCUT2D eigenvalue weighted by atomic mass is 32.2. The molecule has 0 saturated carbocycles. The van der Waals surface area contributed by atoms with Gasteiger partial charge in [-0.05, 0) is 48.9 Å². The first-order valence-corrected chi connectivity index (χ1v) is 11.2. The molecule has 5 N–H and O–H groups in total. The Kier molecular flexibility index (Phi) is 5.70. The van der Waals surface area contributed by atoms with Crippen LogP contribution in [0.4, 0.5) is 32.3 Å². The van der Waals surface area contributed by atoms with Crippen molar-refractivity contribution in [1.29, 1.82) is 0 Å². The Morgan fingerprint density at radius 2 is 1.82 bits per heavy atom. The molecule has 0 aliphatic rings. The van der Waals surface area contributed by atoms with E-state index in [-0.39, 0.29) is 22.7 Å². The van der Waals surface area contributed by atoms with Crippen LogP contribution in [0.15, 0.2) is 59.8 Å². The Morgan fingerprint density at radius 3 is 2.55 bits per heavy atom. The predicted molar refractivity (Wildman–Crippen MR) is 123 cm³/mol. The number of primary sulfonamides is 1. The predicted octanol–water partition coefficient (Wildman–Crippen LogP) is 3.20. The molecule has 170 valence electrons. The Morgan fingerprint density at radius 1 is 1.09 bits per heavy atom. The highest BCUT2D eigenvalue weighted by Gasteiger charge is 2.14. The summed E-state index contributed by atoms with van der Waals surface area (Å²) in [4.78, 5) is 19.9. The lowest BCUT2D eigenvalue weighted by molar-refractivity contribution is 0.245. The van der Waals surface area contributed by atoms with Crippen LogP contribution >= 0.6 is 0 Å². The average Bonchev–Trinajstić information content (AvgIpc) is 3.19. The number of nitrogens with one attached hydrogen (secondary N) is 3. The van der Waals surface area contributed by atoms with Crippen LogP contribution in [0.3, 0.4) is 0 Å². The average molecular weight is 470 g/mol. The number of aromatic nitrogens is 3. The molecule has 12 heteroatoms. The van der Waals surface area contributed by atoms with Crippen molar-refractivity contribution in [3.05, 3.63) is 66.2 Å². The fraction of sp³-hybridized carbons (Fsp3) is 0.0952. The summed E-state index contributed by atoms with van der Waals surface area (Å²) in [5.41, 5.74) is 2.10. The van der Waals surface area contributed by atoms with Gasteiger partial charge in [-0.15, -0.1) is 0 Å². The summed E-state index contributed by atoms with van der Waals surface area (Å²) >= 11 is 0. The van der Waals surface area contributed by atoms with Crippen LogP contribution in [0.2, 0.25) is 0 Å². The van der Waals surface area contributed by atoms with Gasteiger partial charge in [0.05, 0.1) is 16.6 Å². The van der Waals surface area contributed by atoms with Gasteiger partial charge < -0.3 is 16.0 Å². The maximum atomic E-state index is 14.4. The molecule has 2 aromatic heterocycles. The number of fused-ring (bicyclic) bond motifs is 1. The van der Waals surface area contributed by atoms with Crippen molar-refractivity contribution < 1.29 is 17.6 Å². The smallest absolute Gasteiger partial charge is 0.325 e. The third kappa shape index (κ3) is 4.61. The summed E-state index contributed by atoms with van der Waals surface area (Å²) in [5, 5.41) is 14.3. The Balaban J connectivity index is 1.60. The molecule has 33 heavy (non-hydrogen) atoms. The van der Waals surface area contributed by atoms with Gasteiger partial charge >= 0.3 is 6.03 Å². The zero-order valence-corrected chi connectivity index (χ0v) is 18.4. The molecule has 4 rings (SSSR count). The lowest BCUT2D eigenvalue weighted by Crippen LogP contribution is -2.23. The van der Waals surface area contributed by atoms with Gasteiger partial charge in [0, 0.05) is 30.0 Å². The number of carbonyl (C=O) groups excluding carboxylic acids is 1. The van der Waals surface area contributed by atoms with E-state index in [9.17, 15) is 17.6 Å². The largest absolute Gasteiger partial charge is 0.340 e. The normalized spacial score (nSPS) is 11.4. The molecule has 0 atom stereocenters. The van der Waals surface area contributed by atoms with Crippen molar-refractivity contribution in [3.8, 4) is 0 Å². The molecule has 4 aromatic rings. The van der Waals surface area contributed by atoms with E-state index in [0.717, 1.165) is 11.6 Å². The molecule has 0 radical (unpaired) electrons. The molecule has 0 saturated heterocycles. The van der Waals surface area contributed by atoms with Crippen LogP contribution in [0.25, 0.3) is 10.9 Å². The second kappa shape index (κ2) is 8.48. The summed E-state index contributed by atoms with van der Waals surface area (Å²) in [6.07, 6.45) is 2.63. The molecule has 0 spiro atoms. The van der Waals surface area contributed by atoms with Crippen molar-refractivity contribution in [3.63, 3.8) is 0 Å². The standard InChI is InChI=1S/C21H20FN7O3S/c1-12-3-4-15(10-18(12)33(23,31)32)27-20-25-11-16(22)19(28-20)26-14-5-6-17-13(9-14)7-8-29(17)21(30)24-2/h3-11H,1-2H3,(H,24,30)(H2,23,31,32)(H2,25,26,27,28). The Bertz CT molecular complexity index is 1480. The zero-order chi connectivity index (χ0) is 23.8. The van der Waals surface area contributed by atoms with Crippen molar-refractivity contribution in [2.24, 2.45) is 5.14 Å². The molecule has 0 fully saturated rings. The van der Waals surface area contributed by atoms with Gasteiger partial charge in [-0.2, -0.15) is 4.98 Å². The van der Waals surface area contributed by atoms with Gasteiger partial charge in [-0.1, -0.05) is 6.07 Å². The molecule has 0 unspecified atom stereocenters. The van der Waals surface area contributed by atoms with Gasteiger partial charge in [-0.3, -0.25) is 4.57 Å². The van der Waals surface area contributed by atoms with Crippen LogP contribution in [-0.4, -0.2) is 36.0 Å². The second-order valence-electron chi connectivity index (χ2n) is 7.18. The minimum atomic E-state index is -3.91. The first kappa shape index (κ1) is 22.2. The van der Waals surface area contributed by atoms with Crippen LogP contribution in [0, 0.1) is 12.7 Å². The number of nitrogens with two attached hydrogens (primary N) is 1. The molecule has 0 aliphatic carbocycles. The van der Waals surface area contributed by atoms with E-state index >= 15 is 0 Å². The number of rotatable bonds is 5. The van der Waals surface area contributed by atoms with Crippen molar-refractivity contribution in [2.75, 3.05) is 17.7 Å². The fourth-order valence-electron chi connectivity index (χ4n) is 3.28. The number of halogens is 1. The molecule has 0 aliphatic heterocycles. The maximum Gasteiger partial charge on any atom is 0.325 e. The SMILES string of the molecule is CNC(=O)n1ccc2cc(Nc3nc(Nc4ccc(C)c(S(N)(=O)=O)c4)ncc3F)ccc21. The van der Waals surface area contributed by atoms with E-state index in [0.29, 0.717) is 22.5 Å². The Labute approximate surface area is 188 Å². The van der Waals surface area contributed by atoms with E-state index in [1.165, 1.54) is 10.6 Å². The fourth-order valence-corrected chi connectivity index (χ4v) is 4.09. The highest BCUT2D eigenvalue weighted by Crippen LogP contribution is 2.26. The number of sulfonamides is 1. The van der Waals surface area contributed by atoms with Gasteiger partial charge in [0.1, 0.15) is 0 Å². The number of anilines is 4. The minimum absolute atomic E-state index is 0.0371. The molecule has 1 amide bonds. The van der Waals surface area contributed by atoms with Crippen molar-refractivity contribution in [1.82, 2.24) is 19.9 Å². The number of benzene rings is 2. The van der Waals surface area contributed by atoms with Crippen LogP contribution < -0.4 is 21.1 Å². The monoisotopic (exact) mass is 469 g/mol. The van der Waals surface area contributed by atoms with Crippen molar-refractivity contribution >= 4 is 50.1 Å². The molecular formula is C21H20FN7O3S. The molecule has 2 heterocycles. The maximum absolute atomic E-state index is 14.4. The summed E-state index contributed by atoms with van der Waals surface area (Å²) in [7, 11) is -2.37. The lowest BCUT2D eigenvalue weighted by Gasteiger charge is -2.11. The van der Waals surface area contributed by atoms with Gasteiger partial charge in [0.2, 0.25) is 16.0 Å². The number of nitrogens with zero attached hydrogens (tertiary/aromatic N) is 3. The van der Waals surface area contributed by atoms with Gasteiger partial charge in [0.15, 0.2) is 11.6 Å². The minimum Gasteiger partial charge on any atom is -0.340 e. The highest BCUT2D eigenvalue weighted by molar-refractivity contribution is 7.89. The molecule has 10 nitrogen and oxygen atoms in total. The number of hydrogen-bond donors (Lipinski definition) is 4. The summed E-state index contributed by atoms with van der Waals surface area (Å²) in [6.45, 7) is 1.62. The number of amides is 1. The molecular weight excluding hydrogens is 449 g/mol. The second-order valence-corrected chi connectivity index (χ2v) is 8.71. The van der Waals surface area contributed by atoms with E-state index in [1.807, 2.05) is 0 Å².